The number of phenolic OH excluding ortho intramolecular Hbond substituents is 1. The molecule has 186 valence electrons. The number of nitrogens with zero attached hydrogens (tertiary/aromatic N) is 4. The Balaban J connectivity index is 1.63. The number of phenols is 1. The Morgan fingerprint density at radius 1 is 1.08 bits per heavy atom. The van der Waals surface area contributed by atoms with E-state index in [1.54, 1.807) is 18.3 Å². The van der Waals surface area contributed by atoms with Crippen molar-refractivity contribution in [2.45, 2.75) is 20.8 Å². The number of hydrogen-bond donors (Lipinski definition) is 3. The van der Waals surface area contributed by atoms with Crippen LogP contribution in [0.3, 0.4) is 0 Å². The lowest BCUT2D eigenvalue weighted by Gasteiger charge is -2.08. The average molecular weight is 495 g/mol. The van der Waals surface area contributed by atoms with E-state index < -0.39 is 5.91 Å². The van der Waals surface area contributed by atoms with Gasteiger partial charge in [-0.15, -0.1) is 0 Å². The summed E-state index contributed by atoms with van der Waals surface area (Å²) in [7, 11) is 0. The van der Waals surface area contributed by atoms with Crippen molar-refractivity contribution in [2.75, 3.05) is 17.7 Å². The maximum atomic E-state index is 13.5. The molecule has 0 saturated carbocycles. The first-order valence-electron chi connectivity index (χ1n) is 11.8. The predicted octanol–water partition coefficient (Wildman–Crippen LogP) is 5.02. The highest BCUT2D eigenvalue weighted by Crippen LogP contribution is 2.30. The molecule has 0 bridgehead atoms. The van der Waals surface area contributed by atoms with Crippen LogP contribution in [-0.2, 0) is 0 Å². The van der Waals surface area contributed by atoms with Gasteiger partial charge in [0.15, 0.2) is 17.1 Å². The van der Waals surface area contributed by atoms with E-state index in [4.69, 9.17) is 20.4 Å². The monoisotopic (exact) mass is 494 g/mol. The van der Waals surface area contributed by atoms with Gasteiger partial charge in [0.2, 0.25) is 0 Å². The zero-order valence-corrected chi connectivity index (χ0v) is 20.7. The summed E-state index contributed by atoms with van der Waals surface area (Å²) in [4.78, 5) is 22.9. The molecule has 0 aliphatic heterocycles. The van der Waals surface area contributed by atoms with Gasteiger partial charge in [-0.3, -0.25) is 4.79 Å². The fourth-order valence-electron chi connectivity index (χ4n) is 4.24. The number of para-hydroxylation sites is 2. The Morgan fingerprint density at radius 2 is 1.78 bits per heavy atom. The standard InChI is InChI=1S/C28H26N6O3/c1-4-37-23-14-18(9-10-22(23)35)15-30-34-26(29)24(28(36)31-19-12-16(2)11-17(3)13-19)25-27(34)33-21-8-6-5-7-20(21)32-25/h5-15,35H,4,29H2,1-3H3,(H,31,36). The largest absolute Gasteiger partial charge is 0.504 e. The molecule has 9 heteroatoms. The van der Waals surface area contributed by atoms with Crippen LogP contribution in [0.5, 0.6) is 11.5 Å². The number of nitrogens with one attached hydrogen (secondary N) is 1. The summed E-state index contributed by atoms with van der Waals surface area (Å²) < 4.78 is 6.86. The predicted molar refractivity (Wildman–Crippen MR) is 146 cm³/mol. The summed E-state index contributed by atoms with van der Waals surface area (Å²) in [5.41, 5.74) is 12.0. The molecular formula is C28H26N6O3. The zero-order chi connectivity index (χ0) is 26.1. The maximum absolute atomic E-state index is 13.5. The number of hydrogen-bond acceptors (Lipinski definition) is 7. The van der Waals surface area contributed by atoms with Crippen LogP contribution in [0.15, 0.2) is 65.8 Å². The third kappa shape index (κ3) is 4.66. The first kappa shape index (κ1) is 23.8. The molecule has 2 heterocycles. The van der Waals surface area contributed by atoms with Crippen molar-refractivity contribution in [3.63, 3.8) is 0 Å². The minimum Gasteiger partial charge on any atom is -0.504 e. The minimum atomic E-state index is -0.408. The lowest BCUT2D eigenvalue weighted by Crippen LogP contribution is -2.14. The molecule has 3 aromatic carbocycles. The normalized spacial score (nSPS) is 11.4. The van der Waals surface area contributed by atoms with Crippen molar-refractivity contribution in [1.29, 1.82) is 0 Å². The molecule has 0 saturated heterocycles. The van der Waals surface area contributed by atoms with Crippen molar-refractivity contribution >= 4 is 45.8 Å². The van der Waals surface area contributed by atoms with Gasteiger partial charge < -0.3 is 20.9 Å². The Kier molecular flexibility index (Phi) is 6.19. The molecule has 5 rings (SSSR count). The number of benzene rings is 3. The molecule has 5 aromatic rings. The SMILES string of the molecule is CCOc1cc(C=Nn2c(N)c(C(=O)Nc3cc(C)cc(C)c3)c3nc4ccccc4nc32)ccc1O. The summed E-state index contributed by atoms with van der Waals surface area (Å²) in [5, 5.41) is 17.5. The number of rotatable bonds is 6. The highest BCUT2D eigenvalue weighted by Gasteiger charge is 2.24. The lowest BCUT2D eigenvalue weighted by molar-refractivity contribution is 0.102. The minimum absolute atomic E-state index is 0.0348. The second-order valence-electron chi connectivity index (χ2n) is 8.69. The van der Waals surface area contributed by atoms with Crippen LogP contribution in [0, 0.1) is 13.8 Å². The molecule has 0 aliphatic carbocycles. The van der Waals surface area contributed by atoms with E-state index >= 15 is 0 Å². The summed E-state index contributed by atoms with van der Waals surface area (Å²) in [6.07, 6.45) is 1.56. The van der Waals surface area contributed by atoms with E-state index in [0.717, 1.165) is 11.1 Å². The van der Waals surface area contributed by atoms with Crippen molar-refractivity contribution in [2.24, 2.45) is 5.10 Å². The Hall–Kier alpha value is -4.92. The molecule has 1 amide bonds. The first-order valence-corrected chi connectivity index (χ1v) is 11.8. The van der Waals surface area contributed by atoms with Crippen LogP contribution in [0.1, 0.15) is 34.0 Å². The van der Waals surface area contributed by atoms with Crippen molar-refractivity contribution < 1.29 is 14.6 Å². The first-order chi connectivity index (χ1) is 17.8. The summed E-state index contributed by atoms with van der Waals surface area (Å²) in [6, 6.07) is 18.1. The summed E-state index contributed by atoms with van der Waals surface area (Å²) >= 11 is 0. The van der Waals surface area contributed by atoms with Crippen molar-refractivity contribution in [1.82, 2.24) is 14.6 Å². The van der Waals surface area contributed by atoms with Gasteiger partial charge >= 0.3 is 0 Å². The van der Waals surface area contributed by atoms with Gasteiger partial charge in [-0.2, -0.15) is 9.78 Å². The van der Waals surface area contributed by atoms with Crippen LogP contribution < -0.4 is 15.8 Å². The molecule has 0 radical (unpaired) electrons. The number of ether oxygens (including phenoxy) is 1. The van der Waals surface area contributed by atoms with Gasteiger partial charge in [0.1, 0.15) is 16.9 Å². The van der Waals surface area contributed by atoms with Crippen LogP contribution in [-0.4, -0.2) is 38.5 Å². The highest BCUT2D eigenvalue weighted by molar-refractivity contribution is 6.16. The number of nitrogens with two attached hydrogens (primary N) is 1. The molecule has 0 atom stereocenters. The Bertz CT molecular complexity index is 1670. The number of aromatic nitrogens is 3. The molecule has 2 aromatic heterocycles. The molecule has 0 aliphatic rings. The Labute approximate surface area is 213 Å². The number of amides is 1. The number of carbonyl (C=O) groups is 1. The summed E-state index contributed by atoms with van der Waals surface area (Å²) in [5.74, 6) is 0.0743. The number of aromatic hydroxyl groups is 1. The van der Waals surface area contributed by atoms with Crippen LogP contribution in [0.4, 0.5) is 11.5 Å². The molecule has 0 unspecified atom stereocenters. The van der Waals surface area contributed by atoms with E-state index in [0.29, 0.717) is 45.8 Å². The molecule has 9 nitrogen and oxygen atoms in total. The van der Waals surface area contributed by atoms with Gasteiger partial charge in [0.05, 0.1) is 23.9 Å². The van der Waals surface area contributed by atoms with Crippen molar-refractivity contribution in [3.8, 4) is 11.5 Å². The lowest BCUT2D eigenvalue weighted by atomic mass is 10.1. The van der Waals surface area contributed by atoms with E-state index in [1.807, 2.05) is 63.2 Å². The fraction of sp³-hybridized carbons (Fsp3) is 0.143. The van der Waals surface area contributed by atoms with Crippen LogP contribution >= 0.6 is 0 Å². The van der Waals surface area contributed by atoms with Gasteiger partial charge in [0, 0.05) is 5.69 Å². The second-order valence-corrected chi connectivity index (χ2v) is 8.69. The van der Waals surface area contributed by atoms with Gasteiger partial charge in [0.25, 0.3) is 5.91 Å². The third-order valence-corrected chi connectivity index (χ3v) is 5.79. The molecule has 4 N–H and O–H groups in total. The number of aryl methyl sites for hydroxylation is 2. The fourth-order valence-corrected chi connectivity index (χ4v) is 4.24. The van der Waals surface area contributed by atoms with E-state index in [9.17, 15) is 9.90 Å². The number of carbonyl (C=O) groups excluding carboxylic acids is 1. The van der Waals surface area contributed by atoms with Crippen molar-refractivity contribution in [3.05, 3.63) is 82.9 Å². The van der Waals surface area contributed by atoms with E-state index in [2.05, 4.69) is 10.4 Å². The third-order valence-electron chi connectivity index (χ3n) is 5.79. The van der Waals surface area contributed by atoms with Gasteiger partial charge in [-0.05, 0) is 79.9 Å². The van der Waals surface area contributed by atoms with Gasteiger partial charge in [-0.1, -0.05) is 18.2 Å². The van der Waals surface area contributed by atoms with Gasteiger partial charge in [-0.25, -0.2) is 9.97 Å². The summed E-state index contributed by atoms with van der Waals surface area (Å²) in [6.45, 7) is 6.18. The maximum Gasteiger partial charge on any atom is 0.261 e. The molecule has 0 fully saturated rings. The number of nitrogen functional groups attached to an aromatic ring is 1. The molecular weight excluding hydrogens is 468 g/mol. The van der Waals surface area contributed by atoms with E-state index in [-0.39, 0.29) is 17.1 Å². The average Bonchev–Trinajstić information content (AvgIpc) is 3.12. The number of fused-ring (bicyclic) bond motifs is 2. The topological polar surface area (TPSA) is 128 Å². The highest BCUT2D eigenvalue weighted by atomic mass is 16.5. The number of anilines is 2. The Morgan fingerprint density at radius 3 is 2.49 bits per heavy atom. The zero-order valence-electron chi connectivity index (χ0n) is 20.7. The quantitative estimate of drug-likeness (QED) is 0.284. The molecule has 0 spiro atoms. The van der Waals surface area contributed by atoms with Crippen LogP contribution in [0.25, 0.3) is 22.2 Å². The smallest absolute Gasteiger partial charge is 0.261 e. The van der Waals surface area contributed by atoms with Crippen LogP contribution in [0.2, 0.25) is 0 Å². The molecule has 37 heavy (non-hydrogen) atoms. The second kappa shape index (κ2) is 9.62. The van der Waals surface area contributed by atoms with E-state index in [1.165, 1.54) is 10.7 Å².